The average Bonchev–Trinajstić information content (AvgIpc) is 2.19. The highest BCUT2D eigenvalue weighted by molar-refractivity contribution is 9.10. The molecule has 1 heterocycles. The highest BCUT2D eigenvalue weighted by Crippen LogP contribution is 2.29. The standard InChI is InChI=1S/C9H5BrF2N2O2/c10-8-5(9(11)12)1-4(2-7(15)16)14-6(8)3-13/h1,9H,2H2,(H,15,16). The van der Waals surface area contributed by atoms with E-state index in [4.69, 9.17) is 10.4 Å². The molecule has 84 valence electrons. The molecule has 1 aromatic rings. The highest BCUT2D eigenvalue weighted by Gasteiger charge is 2.18. The summed E-state index contributed by atoms with van der Waals surface area (Å²) in [6.45, 7) is 0. The van der Waals surface area contributed by atoms with Crippen LogP contribution in [-0.4, -0.2) is 16.1 Å². The van der Waals surface area contributed by atoms with Gasteiger partial charge in [-0.3, -0.25) is 4.79 Å². The predicted molar refractivity (Wildman–Crippen MR) is 52.9 cm³/mol. The third kappa shape index (κ3) is 2.73. The van der Waals surface area contributed by atoms with Crippen LogP contribution in [0, 0.1) is 11.3 Å². The first-order chi connectivity index (χ1) is 7.45. The first-order valence-corrected chi connectivity index (χ1v) is 4.84. The van der Waals surface area contributed by atoms with Crippen LogP contribution in [0.2, 0.25) is 0 Å². The number of nitriles is 1. The quantitative estimate of drug-likeness (QED) is 0.927. The summed E-state index contributed by atoms with van der Waals surface area (Å²) in [5, 5.41) is 17.2. The Kier molecular flexibility index (Phi) is 3.90. The molecular formula is C9H5BrF2N2O2. The van der Waals surface area contributed by atoms with E-state index in [9.17, 15) is 13.6 Å². The van der Waals surface area contributed by atoms with Gasteiger partial charge in [-0.15, -0.1) is 0 Å². The number of hydrogen-bond donors (Lipinski definition) is 1. The molecule has 0 aromatic carbocycles. The van der Waals surface area contributed by atoms with Crippen LogP contribution in [0.4, 0.5) is 8.78 Å². The zero-order valence-electron chi connectivity index (χ0n) is 7.75. The number of carbonyl (C=O) groups is 1. The van der Waals surface area contributed by atoms with E-state index >= 15 is 0 Å². The first-order valence-electron chi connectivity index (χ1n) is 4.05. The smallest absolute Gasteiger partial charge is 0.309 e. The molecule has 0 aliphatic carbocycles. The van der Waals surface area contributed by atoms with Crippen molar-refractivity contribution in [2.75, 3.05) is 0 Å². The topological polar surface area (TPSA) is 74.0 Å². The Hall–Kier alpha value is -1.55. The molecule has 0 bridgehead atoms. The van der Waals surface area contributed by atoms with Crippen LogP contribution in [0.3, 0.4) is 0 Å². The normalized spacial score (nSPS) is 10.2. The molecule has 0 fully saturated rings. The third-order valence-corrected chi connectivity index (χ3v) is 2.55. The average molecular weight is 291 g/mol. The molecule has 1 rings (SSSR count). The van der Waals surface area contributed by atoms with Crippen LogP contribution in [0.1, 0.15) is 23.4 Å². The summed E-state index contributed by atoms with van der Waals surface area (Å²) < 4.78 is 25.0. The number of alkyl halides is 2. The van der Waals surface area contributed by atoms with Crippen molar-refractivity contribution in [1.29, 1.82) is 5.26 Å². The molecule has 0 aliphatic rings. The van der Waals surface area contributed by atoms with E-state index in [1.165, 1.54) is 0 Å². The van der Waals surface area contributed by atoms with Crippen molar-refractivity contribution < 1.29 is 18.7 Å². The van der Waals surface area contributed by atoms with E-state index in [0.29, 0.717) is 0 Å². The molecular weight excluding hydrogens is 286 g/mol. The fraction of sp³-hybridized carbons (Fsp3) is 0.222. The lowest BCUT2D eigenvalue weighted by Crippen LogP contribution is -2.05. The number of pyridine rings is 1. The molecule has 16 heavy (non-hydrogen) atoms. The molecule has 4 nitrogen and oxygen atoms in total. The van der Waals surface area contributed by atoms with Gasteiger partial charge in [0.2, 0.25) is 0 Å². The van der Waals surface area contributed by atoms with Crippen LogP contribution >= 0.6 is 15.9 Å². The Morgan fingerprint density at radius 1 is 1.69 bits per heavy atom. The molecule has 0 unspecified atom stereocenters. The SMILES string of the molecule is N#Cc1nc(CC(=O)O)cc(C(F)F)c1Br. The van der Waals surface area contributed by atoms with Gasteiger partial charge in [-0.1, -0.05) is 0 Å². The summed E-state index contributed by atoms with van der Waals surface area (Å²) in [4.78, 5) is 14.1. The molecule has 0 radical (unpaired) electrons. The molecule has 0 saturated carbocycles. The number of aromatic nitrogens is 1. The maximum absolute atomic E-state index is 12.5. The van der Waals surface area contributed by atoms with Gasteiger partial charge in [-0.25, -0.2) is 13.8 Å². The highest BCUT2D eigenvalue weighted by atomic mass is 79.9. The maximum atomic E-state index is 12.5. The number of rotatable bonds is 3. The molecule has 0 spiro atoms. The fourth-order valence-corrected chi connectivity index (χ4v) is 1.55. The number of halogens is 3. The van der Waals surface area contributed by atoms with E-state index in [1.807, 2.05) is 0 Å². The van der Waals surface area contributed by atoms with E-state index in [-0.39, 0.29) is 15.9 Å². The largest absolute Gasteiger partial charge is 0.481 e. The Morgan fingerprint density at radius 3 is 2.75 bits per heavy atom. The van der Waals surface area contributed by atoms with Crippen LogP contribution < -0.4 is 0 Å². The third-order valence-electron chi connectivity index (χ3n) is 1.71. The fourth-order valence-electron chi connectivity index (χ4n) is 1.08. The molecule has 0 amide bonds. The number of carboxylic acids is 1. The van der Waals surface area contributed by atoms with Crippen LogP contribution in [0.15, 0.2) is 10.5 Å². The van der Waals surface area contributed by atoms with Crippen LogP contribution in [0.5, 0.6) is 0 Å². The van der Waals surface area contributed by atoms with E-state index in [2.05, 4.69) is 20.9 Å². The summed E-state index contributed by atoms with van der Waals surface area (Å²) in [5.74, 6) is -1.20. The summed E-state index contributed by atoms with van der Waals surface area (Å²) >= 11 is 2.83. The van der Waals surface area contributed by atoms with Gasteiger partial charge >= 0.3 is 5.97 Å². The number of hydrogen-bond acceptors (Lipinski definition) is 3. The van der Waals surface area contributed by atoms with Gasteiger partial charge in [0, 0.05) is 5.56 Å². The van der Waals surface area contributed by atoms with Crippen LogP contribution in [0.25, 0.3) is 0 Å². The van der Waals surface area contributed by atoms with Crippen molar-refractivity contribution >= 4 is 21.9 Å². The van der Waals surface area contributed by atoms with Crippen LogP contribution in [-0.2, 0) is 11.2 Å². The lowest BCUT2D eigenvalue weighted by Gasteiger charge is -2.06. The minimum Gasteiger partial charge on any atom is -0.481 e. The van der Waals surface area contributed by atoms with Crippen molar-refractivity contribution in [3.63, 3.8) is 0 Å². The zero-order chi connectivity index (χ0) is 12.3. The molecule has 1 N–H and O–H groups in total. The number of nitrogens with zero attached hydrogens (tertiary/aromatic N) is 2. The molecule has 0 aliphatic heterocycles. The summed E-state index contributed by atoms with van der Waals surface area (Å²) in [6.07, 6.45) is -3.29. The van der Waals surface area contributed by atoms with Crippen molar-refractivity contribution in [3.8, 4) is 6.07 Å². The number of aliphatic carboxylic acids is 1. The van der Waals surface area contributed by atoms with Gasteiger partial charge in [-0.2, -0.15) is 5.26 Å². The molecule has 7 heteroatoms. The van der Waals surface area contributed by atoms with E-state index in [1.54, 1.807) is 6.07 Å². The first kappa shape index (κ1) is 12.5. The van der Waals surface area contributed by atoms with Gasteiger partial charge < -0.3 is 5.11 Å². The lowest BCUT2D eigenvalue weighted by molar-refractivity contribution is -0.136. The second-order valence-electron chi connectivity index (χ2n) is 2.85. The summed E-state index contributed by atoms with van der Waals surface area (Å²) in [5.41, 5.74) is -0.737. The maximum Gasteiger partial charge on any atom is 0.309 e. The van der Waals surface area contributed by atoms with Gasteiger partial charge in [0.15, 0.2) is 5.69 Å². The van der Waals surface area contributed by atoms with Crippen molar-refractivity contribution in [3.05, 3.63) is 27.5 Å². The second-order valence-corrected chi connectivity index (χ2v) is 3.64. The monoisotopic (exact) mass is 290 g/mol. The van der Waals surface area contributed by atoms with E-state index < -0.39 is 24.4 Å². The van der Waals surface area contributed by atoms with Gasteiger partial charge in [0.05, 0.1) is 16.6 Å². The van der Waals surface area contributed by atoms with E-state index in [0.717, 1.165) is 6.07 Å². The van der Waals surface area contributed by atoms with Gasteiger partial charge in [0.1, 0.15) is 6.07 Å². The summed E-state index contributed by atoms with van der Waals surface area (Å²) in [6, 6.07) is 2.60. The Bertz CT molecular complexity index is 471. The summed E-state index contributed by atoms with van der Waals surface area (Å²) in [7, 11) is 0. The second kappa shape index (κ2) is 4.99. The number of carboxylic acid groups (broad SMARTS) is 1. The van der Waals surface area contributed by atoms with Crippen molar-refractivity contribution in [2.45, 2.75) is 12.8 Å². The Morgan fingerprint density at radius 2 is 2.31 bits per heavy atom. The van der Waals surface area contributed by atoms with Gasteiger partial charge in [0.25, 0.3) is 6.43 Å². The van der Waals surface area contributed by atoms with Crippen molar-refractivity contribution in [2.24, 2.45) is 0 Å². The predicted octanol–water partition coefficient (Wildman–Crippen LogP) is 2.28. The van der Waals surface area contributed by atoms with Crippen molar-refractivity contribution in [1.82, 2.24) is 4.98 Å². The lowest BCUT2D eigenvalue weighted by atomic mass is 10.1. The zero-order valence-corrected chi connectivity index (χ0v) is 9.33. The van der Waals surface area contributed by atoms with Gasteiger partial charge in [-0.05, 0) is 22.0 Å². The minimum atomic E-state index is -2.79. The Balaban J connectivity index is 3.29. The Labute approximate surface area is 97.7 Å². The minimum absolute atomic E-state index is 0.0671. The molecule has 0 saturated heterocycles. The molecule has 1 aromatic heterocycles. The molecule has 0 atom stereocenters.